The monoisotopic (exact) mass is 315 g/mol. The average Bonchev–Trinajstić information content (AvgIpc) is 3.23. The first-order chi connectivity index (χ1) is 10.7. The molecule has 1 aromatic carbocycles. The van der Waals surface area contributed by atoms with Crippen LogP contribution in [0, 0.1) is 5.92 Å². The molecule has 7 heteroatoms. The number of rotatable bonds is 4. The van der Waals surface area contributed by atoms with Crippen LogP contribution in [0.5, 0.6) is 11.6 Å². The minimum atomic E-state index is 0.365. The van der Waals surface area contributed by atoms with Gasteiger partial charge in [0.05, 0.1) is 0 Å². The Bertz CT molecular complexity index is 843. The molecule has 112 valence electrons. The Morgan fingerprint density at radius 1 is 1.32 bits per heavy atom. The van der Waals surface area contributed by atoms with E-state index in [1.165, 1.54) is 19.2 Å². The van der Waals surface area contributed by atoms with Crippen LogP contribution in [0.4, 0.5) is 5.82 Å². The predicted molar refractivity (Wildman–Crippen MR) is 84.0 cm³/mol. The van der Waals surface area contributed by atoms with Gasteiger partial charge in [-0.1, -0.05) is 17.7 Å². The number of hydrogen-bond donors (Lipinski definition) is 1. The van der Waals surface area contributed by atoms with E-state index in [4.69, 9.17) is 22.1 Å². The predicted octanol–water partition coefficient (Wildman–Crippen LogP) is 3.26. The molecule has 1 fully saturated rings. The number of fused-ring (bicyclic) bond motifs is 1. The van der Waals surface area contributed by atoms with Gasteiger partial charge in [0.1, 0.15) is 23.3 Å². The summed E-state index contributed by atoms with van der Waals surface area (Å²) >= 11 is 5.99. The molecule has 6 nitrogen and oxygen atoms in total. The second-order valence-electron chi connectivity index (χ2n) is 5.45. The lowest BCUT2D eigenvalue weighted by molar-refractivity contribution is 0.447. The lowest BCUT2D eigenvalue weighted by Crippen LogP contribution is -2.03. The highest BCUT2D eigenvalue weighted by atomic mass is 35.5. The molecule has 0 saturated heterocycles. The molecule has 2 heterocycles. The van der Waals surface area contributed by atoms with Crippen LogP contribution in [0.25, 0.3) is 11.0 Å². The van der Waals surface area contributed by atoms with Gasteiger partial charge in [-0.25, -0.2) is 14.6 Å². The smallest absolute Gasteiger partial charge is 0.251 e. The standard InChI is InChI=1S/C15H14ClN5O/c16-10-2-1-3-11(6-10)22-15-12-13(17)18-8-19-14(12)21(20-15)7-9-4-5-9/h1-3,6,8-9H,4-5,7H2,(H2,17,18,19). The van der Waals surface area contributed by atoms with Crippen LogP contribution in [0.3, 0.4) is 0 Å². The SMILES string of the molecule is Nc1ncnc2c1c(Oc1cccc(Cl)c1)nn2CC1CC1. The molecule has 1 saturated carbocycles. The Morgan fingerprint density at radius 2 is 2.18 bits per heavy atom. The topological polar surface area (TPSA) is 78.8 Å². The number of ether oxygens (including phenoxy) is 1. The summed E-state index contributed by atoms with van der Waals surface area (Å²) in [6, 6.07) is 7.15. The molecule has 0 radical (unpaired) electrons. The van der Waals surface area contributed by atoms with Crippen molar-refractivity contribution in [3.05, 3.63) is 35.6 Å². The van der Waals surface area contributed by atoms with Gasteiger partial charge in [0.15, 0.2) is 5.65 Å². The first kappa shape index (κ1) is 13.3. The number of hydrogen-bond acceptors (Lipinski definition) is 5. The zero-order valence-electron chi connectivity index (χ0n) is 11.7. The highest BCUT2D eigenvalue weighted by Gasteiger charge is 2.25. The van der Waals surface area contributed by atoms with Crippen LogP contribution in [0.2, 0.25) is 5.02 Å². The van der Waals surface area contributed by atoms with Gasteiger partial charge >= 0.3 is 0 Å². The molecule has 0 bridgehead atoms. The number of halogens is 1. The van der Waals surface area contributed by atoms with Gasteiger partial charge in [-0.3, -0.25) is 0 Å². The highest BCUT2D eigenvalue weighted by molar-refractivity contribution is 6.30. The number of anilines is 1. The molecule has 0 aliphatic heterocycles. The van der Waals surface area contributed by atoms with E-state index in [1.807, 2.05) is 16.8 Å². The molecule has 0 spiro atoms. The molecule has 4 rings (SSSR count). The van der Waals surface area contributed by atoms with E-state index in [9.17, 15) is 0 Å². The molecule has 1 aliphatic carbocycles. The van der Waals surface area contributed by atoms with E-state index < -0.39 is 0 Å². The van der Waals surface area contributed by atoms with E-state index in [0.29, 0.717) is 39.4 Å². The maximum atomic E-state index is 5.99. The van der Waals surface area contributed by atoms with Crippen molar-refractivity contribution in [1.82, 2.24) is 19.7 Å². The third-order valence-corrected chi connectivity index (χ3v) is 3.90. The normalized spacial score (nSPS) is 14.4. The van der Waals surface area contributed by atoms with Gasteiger partial charge in [-0.2, -0.15) is 0 Å². The largest absolute Gasteiger partial charge is 0.437 e. The van der Waals surface area contributed by atoms with Crippen LogP contribution in [0.15, 0.2) is 30.6 Å². The summed E-state index contributed by atoms with van der Waals surface area (Å²) in [4.78, 5) is 8.35. The van der Waals surface area contributed by atoms with Crippen molar-refractivity contribution < 1.29 is 4.74 Å². The first-order valence-corrected chi connectivity index (χ1v) is 7.49. The molecular weight excluding hydrogens is 302 g/mol. The van der Waals surface area contributed by atoms with Crippen molar-refractivity contribution in [2.45, 2.75) is 19.4 Å². The molecule has 0 atom stereocenters. The van der Waals surface area contributed by atoms with Crippen molar-refractivity contribution in [2.24, 2.45) is 5.92 Å². The summed E-state index contributed by atoms with van der Waals surface area (Å²) in [6.07, 6.45) is 3.91. The van der Waals surface area contributed by atoms with Gasteiger partial charge in [0.2, 0.25) is 0 Å². The lowest BCUT2D eigenvalue weighted by atomic mass is 10.3. The minimum Gasteiger partial charge on any atom is -0.437 e. The van der Waals surface area contributed by atoms with Gasteiger partial charge in [-0.15, -0.1) is 5.10 Å². The third-order valence-electron chi connectivity index (χ3n) is 3.67. The Hall–Kier alpha value is -2.34. The zero-order valence-corrected chi connectivity index (χ0v) is 12.5. The van der Waals surface area contributed by atoms with E-state index in [2.05, 4.69) is 15.1 Å². The third kappa shape index (κ3) is 2.46. The molecule has 2 N–H and O–H groups in total. The van der Waals surface area contributed by atoms with Crippen LogP contribution in [-0.4, -0.2) is 19.7 Å². The molecule has 22 heavy (non-hydrogen) atoms. The number of benzene rings is 1. The number of nitrogens with two attached hydrogens (primary N) is 1. The second-order valence-corrected chi connectivity index (χ2v) is 5.88. The maximum absolute atomic E-state index is 5.99. The Balaban J connectivity index is 1.78. The molecule has 0 amide bonds. The highest BCUT2D eigenvalue weighted by Crippen LogP contribution is 2.35. The fourth-order valence-electron chi connectivity index (χ4n) is 2.38. The van der Waals surface area contributed by atoms with Crippen LogP contribution >= 0.6 is 11.6 Å². The lowest BCUT2D eigenvalue weighted by Gasteiger charge is -2.03. The second kappa shape index (κ2) is 5.14. The summed E-state index contributed by atoms with van der Waals surface area (Å²) in [5.74, 6) is 2.05. The van der Waals surface area contributed by atoms with E-state index >= 15 is 0 Å². The van der Waals surface area contributed by atoms with Crippen LogP contribution in [-0.2, 0) is 6.54 Å². The summed E-state index contributed by atoms with van der Waals surface area (Å²) in [7, 11) is 0. The van der Waals surface area contributed by atoms with Crippen molar-refractivity contribution in [3.63, 3.8) is 0 Å². The van der Waals surface area contributed by atoms with Gasteiger partial charge < -0.3 is 10.5 Å². The van der Waals surface area contributed by atoms with Gasteiger partial charge in [0.25, 0.3) is 5.88 Å². The van der Waals surface area contributed by atoms with Crippen LogP contribution in [0.1, 0.15) is 12.8 Å². The summed E-state index contributed by atoms with van der Waals surface area (Å²) in [6.45, 7) is 0.825. The molecular formula is C15H14ClN5O. The first-order valence-electron chi connectivity index (χ1n) is 7.11. The van der Waals surface area contributed by atoms with Gasteiger partial charge in [0, 0.05) is 11.6 Å². The fourth-order valence-corrected chi connectivity index (χ4v) is 2.56. The van der Waals surface area contributed by atoms with Crippen molar-refractivity contribution in [1.29, 1.82) is 0 Å². The summed E-state index contributed by atoms with van der Waals surface area (Å²) in [5.41, 5.74) is 6.69. The van der Waals surface area contributed by atoms with E-state index in [-0.39, 0.29) is 0 Å². The number of nitrogen functional groups attached to an aromatic ring is 1. The zero-order chi connectivity index (χ0) is 15.1. The Morgan fingerprint density at radius 3 is 2.95 bits per heavy atom. The van der Waals surface area contributed by atoms with Gasteiger partial charge in [-0.05, 0) is 37.0 Å². The summed E-state index contributed by atoms with van der Waals surface area (Å²) in [5, 5.41) is 5.77. The van der Waals surface area contributed by atoms with Crippen LogP contribution < -0.4 is 10.5 Å². The average molecular weight is 316 g/mol. The fraction of sp³-hybridized carbons (Fsp3) is 0.267. The number of aromatic nitrogens is 4. The Kier molecular flexibility index (Phi) is 3.11. The summed E-state index contributed by atoms with van der Waals surface area (Å²) < 4.78 is 7.71. The van der Waals surface area contributed by atoms with Crippen molar-refractivity contribution in [2.75, 3.05) is 5.73 Å². The van der Waals surface area contributed by atoms with Crippen molar-refractivity contribution in [3.8, 4) is 11.6 Å². The molecule has 0 unspecified atom stereocenters. The molecule has 3 aromatic rings. The molecule has 2 aromatic heterocycles. The van der Waals surface area contributed by atoms with E-state index in [1.54, 1.807) is 12.1 Å². The quantitative estimate of drug-likeness (QED) is 0.799. The van der Waals surface area contributed by atoms with Crippen molar-refractivity contribution >= 4 is 28.5 Å². The maximum Gasteiger partial charge on any atom is 0.251 e. The minimum absolute atomic E-state index is 0.365. The molecule has 1 aliphatic rings. The number of nitrogens with zero attached hydrogens (tertiary/aromatic N) is 4. The Labute approximate surface area is 131 Å². The van der Waals surface area contributed by atoms with E-state index in [0.717, 1.165) is 6.54 Å².